The van der Waals surface area contributed by atoms with Gasteiger partial charge in [-0.25, -0.2) is 4.98 Å². The Morgan fingerprint density at radius 3 is 2.47 bits per heavy atom. The molecule has 2 N–H and O–H groups in total. The van der Waals surface area contributed by atoms with Crippen molar-refractivity contribution in [1.29, 1.82) is 10.5 Å². The van der Waals surface area contributed by atoms with Crippen LogP contribution in [0.3, 0.4) is 0 Å². The van der Waals surface area contributed by atoms with Gasteiger partial charge in [0, 0.05) is 28.9 Å². The summed E-state index contributed by atoms with van der Waals surface area (Å²) < 4.78 is 0. The van der Waals surface area contributed by atoms with Crippen LogP contribution in [0.1, 0.15) is 61.2 Å². The van der Waals surface area contributed by atoms with Gasteiger partial charge < -0.3 is 10.6 Å². The molecule has 6 heteroatoms. The second-order valence-corrected chi connectivity index (χ2v) is 9.34. The maximum Gasteiger partial charge on any atom is 0.142 e. The van der Waals surface area contributed by atoms with Crippen LogP contribution in [-0.4, -0.2) is 17.6 Å². The Morgan fingerprint density at radius 1 is 1.16 bits per heavy atom. The smallest absolute Gasteiger partial charge is 0.142 e. The summed E-state index contributed by atoms with van der Waals surface area (Å²) in [5, 5.41) is 20.0. The second-order valence-electron chi connectivity index (χ2n) is 8.93. The van der Waals surface area contributed by atoms with Gasteiger partial charge in [-0.3, -0.25) is 0 Å². The van der Waals surface area contributed by atoms with Crippen LogP contribution in [0, 0.1) is 29.6 Å². The van der Waals surface area contributed by atoms with Gasteiger partial charge in [-0.2, -0.15) is 10.5 Å². The van der Waals surface area contributed by atoms with E-state index in [0.717, 1.165) is 39.1 Å². The summed E-state index contributed by atoms with van der Waals surface area (Å²) in [5.41, 5.74) is 14.6. The number of nitriles is 2. The number of nitrogens with two attached hydrogens (primary N) is 1. The number of pyridine rings is 1. The van der Waals surface area contributed by atoms with E-state index in [4.69, 9.17) is 17.3 Å². The molecule has 2 heterocycles. The van der Waals surface area contributed by atoms with Crippen LogP contribution in [0.4, 0.5) is 11.5 Å². The molecular formula is C26H24ClN5. The molecule has 1 aromatic heterocycles. The summed E-state index contributed by atoms with van der Waals surface area (Å²) >= 11 is 6.75. The van der Waals surface area contributed by atoms with Gasteiger partial charge in [0.25, 0.3) is 0 Å². The van der Waals surface area contributed by atoms with Crippen molar-refractivity contribution in [2.24, 2.45) is 0 Å². The van der Waals surface area contributed by atoms with Crippen LogP contribution >= 0.6 is 11.6 Å². The number of anilines is 2. The SMILES string of the molecule is CC1=CC(C)(C)N(C)c2cc(Cl)c(/C=C3/C(C)=C(C#N)c4nc(N)c(C#N)c(C)c43)cc21. The van der Waals surface area contributed by atoms with E-state index in [1.807, 2.05) is 26.0 Å². The minimum atomic E-state index is -0.109. The van der Waals surface area contributed by atoms with E-state index in [9.17, 15) is 10.5 Å². The summed E-state index contributed by atoms with van der Waals surface area (Å²) in [7, 11) is 2.07. The summed E-state index contributed by atoms with van der Waals surface area (Å²) in [4.78, 5) is 6.62. The fourth-order valence-electron chi connectivity index (χ4n) is 4.65. The van der Waals surface area contributed by atoms with Crippen molar-refractivity contribution in [3.05, 3.63) is 62.3 Å². The van der Waals surface area contributed by atoms with E-state index in [0.29, 0.717) is 21.9 Å². The number of fused-ring (bicyclic) bond motifs is 2. The van der Waals surface area contributed by atoms with E-state index in [1.54, 1.807) is 0 Å². The molecule has 32 heavy (non-hydrogen) atoms. The minimum Gasteiger partial charge on any atom is -0.383 e. The highest BCUT2D eigenvalue weighted by Crippen LogP contribution is 2.46. The van der Waals surface area contributed by atoms with Crippen molar-refractivity contribution in [1.82, 2.24) is 4.98 Å². The molecule has 0 saturated carbocycles. The fraction of sp³-hybridized carbons (Fsp3) is 0.269. The summed E-state index contributed by atoms with van der Waals surface area (Å²) in [6, 6.07) is 8.48. The molecule has 2 aliphatic rings. The lowest BCUT2D eigenvalue weighted by atomic mass is 9.88. The van der Waals surface area contributed by atoms with Crippen LogP contribution < -0.4 is 10.6 Å². The molecule has 0 radical (unpaired) electrons. The second kappa shape index (κ2) is 7.26. The normalized spacial score (nSPS) is 17.6. The standard InChI is InChI=1S/C26H24ClN5/c1-13-10-26(4,5)32(6)22-9-21(27)16(7-17(13)22)8-18-14(2)19(11-28)24-23(18)15(3)20(12-29)25(30)31-24/h7-10H,1-6H3,(H2,30,31)/b18-8-. The molecule has 2 aromatic rings. The Morgan fingerprint density at radius 2 is 1.84 bits per heavy atom. The number of nitrogen functional groups attached to an aromatic ring is 1. The Balaban J connectivity index is 1.98. The number of allylic oxidation sites excluding steroid dienone is 4. The molecule has 0 amide bonds. The molecule has 1 aliphatic carbocycles. The average molecular weight is 442 g/mol. The summed E-state index contributed by atoms with van der Waals surface area (Å²) in [6.07, 6.45) is 4.24. The Kier molecular flexibility index (Phi) is 4.92. The van der Waals surface area contributed by atoms with E-state index < -0.39 is 0 Å². The molecular weight excluding hydrogens is 418 g/mol. The third-order valence-corrected chi connectivity index (χ3v) is 6.95. The van der Waals surface area contributed by atoms with Gasteiger partial charge in [-0.1, -0.05) is 17.7 Å². The molecule has 0 saturated heterocycles. The predicted molar refractivity (Wildman–Crippen MR) is 132 cm³/mol. The van der Waals surface area contributed by atoms with E-state index in [2.05, 4.69) is 62.0 Å². The first-order chi connectivity index (χ1) is 15.0. The van der Waals surface area contributed by atoms with Crippen LogP contribution in [0.25, 0.3) is 22.8 Å². The lowest BCUT2D eigenvalue weighted by Gasteiger charge is -2.40. The number of halogens is 1. The van der Waals surface area contributed by atoms with E-state index in [-0.39, 0.29) is 11.4 Å². The lowest BCUT2D eigenvalue weighted by molar-refractivity contribution is 0.598. The van der Waals surface area contributed by atoms with Crippen molar-refractivity contribution in [3.63, 3.8) is 0 Å². The Labute approximate surface area is 193 Å². The quantitative estimate of drug-likeness (QED) is 0.587. The third kappa shape index (κ3) is 3.01. The van der Waals surface area contributed by atoms with Gasteiger partial charge >= 0.3 is 0 Å². The van der Waals surface area contributed by atoms with Gasteiger partial charge in [0.05, 0.1) is 22.4 Å². The number of benzene rings is 1. The zero-order chi connectivity index (χ0) is 23.5. The number of aromatic nitrogens is 1. The molecule has 0 spiro atoms. The molecule has 1 aromatic carbocycles. The van der Waals surface area contributed by atoms with Crippen LogP contribution in [0.2, 0.25) is 5.02 Å². The summed E-state index contributed by atoms with van der Waals surface area (Å²) in [5.74, 6) is 0.142. The van der Waals surface area contributed by atoms with Crippen molar-refractivity contribution >= 4 is 45.9 Å². The molecule has 0 bridgehead atoms. The van der Waals surface area contributed by atoms with Gasteiger partial charge in [0.2, 0.25) is 0 Å². The Hall–Kier alpha value is -3.54. The highest BCUT2D eigenvalue weighted by Gasteiger charge is 2.31. The zero-order valence-corrected chi connectivity index (χ0v) is 19.8. The van der Waals surface area contributed by atoms with Crippen molar-refractivity contribution in [3.8, 4) is 12.1 Å². The minimum absolute atomic E-state index is 0.109. The number of likely N-dealkylation sites (N-methyl/N-ethyl adjacent to an activating group) is 1. The first-order valence-corrected chi connectivity index (χ1v) is 10.7. The van der Waals surface area contributed by atoms with Gasteiger partial charge in [0.15, 0.2) is 0 Å². The van der Waals surface area contributed by atoms with Gasteiger partial charge in [0.1, 0.15) is 18.0 Å². The first-order valence-electron chi connectivity index (χ1n) is 10.3. The van der Waals surface area contributed by atoms with Gasteiger partial charge in [-0.15, -0.1) is 0 Å². The maximum atomic E-state index is 9.78. The van der Waals surface area contributed by atoms with Crippen molar-refractivity contribution in [2.45, 2.75) is 40.2 Å². The van der Waals surface area contributed by atoms with E-state index >= 15 is 0 Å². The largest absolute Gasteiger partial charge is 0.383 e. The molecule has 0 atom stereocenters. The highest BCUT2D eigenvalue weighted by atomic mass is 35.5. The summed E-state index contributed by atoms with van der Waals surface area (Å²) in [6.45, 7) is 10.2. The maximum absolute atomic E-state index is 9.78. The number of nitrogens with zero attached hydrogens (tertiary/aromatic N) is 4. The Bertz CT molecular complexity index is 1380. The van der Waals surface area contributed by atoms with Crippen molar-refractivity contribution in [2.75, 3.05) is 17.7 Å². The number of hydrogen-bond donors (Lipinski definition) is 1. The fourth-order valence-corrected chi connectivity index (χ4v) is 4.86. The van der Waals surface area contributed by atoms with Crippen molar-refractivity contribution < 1.29 is 0 Å². The molecule has 0 fully saturated rings. The number of rotatable bonds is 1. The zero-order valence-electron chi connectivity index (χ0n) is 19.1. The molecule has 5 nitrogen and oxygen atoms in total. The van der Waals surface area contributed by atoms with E-state index in [1.165, 1.54) is 5.57 Å². The highest BCUT2D eigenvalue weighted by molar-refractivity contribution is 6.33. The monoisotopic (exact) mass is 441 g/mol. The molecule has 4 rings (SSSR count). The third-order valence-electron chi connectivity index (χ3n) is 6.62. The van der Waals surface area contributed by atoms with Crippen LogP contribution in [0.15, 0.2) is 23.8 Å². The first kappa shape index (κ1) is 21.7. The average Bonchev–Trinajstić information content (AvgIpc) is 2.98. The predicted octanol–water partition coefficient (Wildman–Crippen LogP) is 5.98. The lowest BCUT2D eigenvalue weighted by Crippen LogP contribution is -2.42. The number of hydrogen-bond acceptors (Lipinski definition) is 5. The topological polar surface area (TPSA) is 89.7 Å². The molecule has 1 aliphatic heterocycles. The molecule has 160 valence electrons. The van der Waals surface area contributed by atoms with Crippen LogP contribution in [-0.2, 0) is 0 Å². The van der Waals surface area contributed by atoms with Gasteiger partial charge in [-0.05, 0) is 80.7 Å². The molecule has 0 unspecified atom stereocenters. The van der Waals surface area contributed by atoms with Crippen LogP contribution in [0.5, 0.6) is 0 Å².